The highest BCUT2D eigenvalue weighted by Gasteiger charge is 2.29. The van der Waals surface area contributed by atoms with Gasteiger partial charge in [0.15, 0.2) is 0 Å². The monoisotopic (exact) mass is 280 g/mol. The molecule has 0 bridgehead atoms. The Morgan fingerprint density at radius 3 is 2.17 bits per heavy atom. The minimum absolute atomic E-state index is 0.0126. The Morgan fingerprint density at radius 1 is 1.28 bits per heavy atom. The van der Waals surface area contributed by atoms with E-state index in [1.54, 1.807) is 0 Å². The number of carboxylic acid groups (broad SMARTS) is 1. The van der Waals surface area contributed by atoms with E-state index < -0.39 is 23.5 Å². The molecule has 0 aliphatic rings. The van der Waals surface area contributed by atoms with Gasteiger partial charge in [-0.05, 0) is 36.4 Å². The lowest BCUT2D eigenvalue weighted by Gasteiger charge is -2.15. The van der Waals surface area contributed by atoms with Crippen molar-refractivity contribution in [3.63, 3.8) is 0 Å². The maximum atomic E-state index is 12.1. The molecule has 0 aliphatic carbocycles. The van der Waals surface area contributed by atoms with Gasteiger partial charge < -0.3 is 10.2 Å². The van der Waals surface area contributed by atoms with Crippen LogP contribution in [0.3, 0.4) is 0 Å². The molecule has 18 heavy (non-hydrogen) atoms. The number of aliphatic carboxylic acids is 1. The van der Waals surface area contributed by atoms with Gasteiger partial charge in [0, 0.05) is 4.90 Å². The molecule has 7 heteroatoms. The van der Waals surface area contributed by atoms with Crippen molar-refractivity contribution >= 4 is 17.7 Å². The molecule has 0 saturated carbocycles. The highest BCUT2D eigenvalue weighted by atomic mass is 32.2. The summed E-state index contributed by atoms with van der Waals surface area (Å²) in [5.41, 5.74) is -4.09. The number of benzene rings is 1. The first kappa shape index (κ1) is 14.8. The molecular formula is C11H11F3O3S. The van der Waals surface area contributed by atoms with Crippen molar-refractivity contribution in [1.29, 1.82) is 0 Å². The molecule has 1 aromatic rings. The Labute approximate surface area is 106 Å². The van der Waals surface area contributed by atoms with Crippen molar-refractivity contribution in [2.75, 3.05) is 0 Å². The maximum Gasteiger partial charge on any atom is 0.446 e. The van der Waals surface area contributed by atoms with Crippen LogP contribution in [0.2, 0.25) is 0 Å². The summed E-state index contributed by atoms with van der Waals surface area (Å²) in [5.74, 6) is -2.19. The molecule has 0 saturated heterocycles. The van der Waals surface area contributed by atoms with Crippen LogP contribution in [-0.2, 0) is 4.79 Å². The van der Waals surface area contributed by atoms with E-state index in [-0.39, 0.29) is 22.2 Å². The van der Waals surface area contributed by atoms with Gasteiger partial charge in [0.25, 0.3) is 0 Å². The number of hydrogen-bond donors (Lipinski definition) is 2. The van der Waals surface area contributed by atoms with Gasteiger partial charge in [0.2, 0.25) is 0 Å². The molecule has 0 aromatic heterocycles. The van der Waals surface area contributed by atoms with Crippen molar-refractivity contribution in [3.8, 4) is 0 Å². The predicted octanol–water partition coefficient (Wildman–Crippen LogP) is 3.05. The van der Waals surface area contributed by atoms with E-state index in [9.17, 15) is 23.1 Å². The van der Waals surface area contributed by atoms with Crippen LogP contribution in [0.4, 0.5) is 13.2 Å². The van der Waals surface area contributed by atoms with Crippen molar-refractivity contribution in [2.24, 2.45) is 5.92 Å². The second-order valence-corrected chi connectivity index (χ2v) is 4.83. The Morgan fingerprint density at radius 2 is 1.78 bits per heavy atom. The van der Waals surface area contributed by atoms with E-state index >= 15 is 0 Å². The molecule has 2 unspecified atom stereocenters. The maximum absolute atomic E-state index is 12.1. The molecule has 0 aliphatic heterocycles. The fourth-order valence-electron chi connectivity index (χ4n) is 1.29. The van der Waals surface area contributed by atoms with Gasteiger partial charge in [-0.15, -0.1) is 0 Å². The first-order valence-electron chi connectivity index (χ1n) is 4.97. The third kappa shape index (κ3) is 4.23. The van der Waals surface area contributed by atoms with Crippen LogP contribution in [0.5, 0.6) is 0 Å². The summed E-state index contributed by atoms with van der Waals surface area (Å²) in [6.07, 6.45) is -1.24. The zero-order valence-electron chi connectivity index (χ0n) is 9.31. The first-order chi connectivity index (χ1) is 8.20. The number of rotatable bonds is 4. The van der Waals surface area contributed by atoms with Gasteiger partial charge in [-0.1, -0.05) is 12.1 Å². The fraction of sp³-hybridized carbons (Fsp3) is 0.364. The number of thioether (sulfide) groups is 1. The van der Waals surface area contributed by atoms with E-state index in [1.807, 2.05) is 0 Å². The van der Waals surface area contributed by atoms with Gasteiger partial charge >= 0.3 is 11.5 Å². The molecule has 2 atom stereocenters. The standard InChI is InChI=1S/C11H11F3O3S/c1-6(10(16)17)9(15)7-2-4-8(5-3-7)18-11(12,13)14/h2-6,9,15H,1H3,(H,16,17). The molecule has 3 nitrogen and oxygen atoms in total. The Balaban J connectivity index is 2.80. The first-order valence-corrected chi connectivity index (χ1v) is 5.79. The summed E-state index contributed by atoms with van der Waals surface area (Å²) in [6.45, 7) is 1.32. The number of aliphatic hydroxyl groups is 1. The largest absolute Gasteiger partial charge is 0.481 e. The molecule has 0 spiro atoms. The lowest BCUT2D eigenvalue weighted by molar-refractivity contribution is -0.145. The summed E-state index contributed by atoms with van der Waals surface area (Å²) in [5, 5.41) is 18.4. The lowest BCUT2D eigenvalue weighted by Crippen LogP contribution is -2.18. The average Bonchev–Trinajstić information content (AvgIpc) is 2.26. The summed E-state index contributed by atoms with van der Waals surface area (Å²) in [7, 11) is 0. The minimum atomic E-state index is -4.37. The highest BCUT2D eigenvalue weighted by Crippen LogP contribution is 2.37. The van der Waals surface area contributed by atoms with Gasteiger partial charge in [-0.2, -0.15) is 13.2 Å². The number of aliphatic hydroxyl groups excluding tert-OH is 1. The van der Waals surface area contributed by atoms with Gasteiger partial charge in [-0.25, -0.2) is 0 Å². The molecule has 0 heterocycles. The highest BCUT2D eigenvalue weighted by molar-refractivity contribution is 8.00. The normalized spacial score (nSPS) is 15.2. The van der Waals surface area contributed by atoms with E-state index in [4.69, 9.17) is 5.11 Å². The third-order valence-corrected chi connectivity index (χ3v) is 3.06. The summed E-state index contributed by atoms with van der Waals surface area (Å²) >= 11 is -0.262. The number of halogens is 3. The van der Waals surface area contributed by atoms with Crippen LogP contribution in [0.25, 0.3) is 0 Å². The van der Waals surface area contributed by atoms with Crippen molar-refractivity contribution in [3.05, 3.63) is 29.8 Å². The summed E-state index contributed by atoms with van der Waals surface area (Å²) < 4.78 is 36.2. The van der Waals surface area contributed by atoms with Gasteiger partial charge in [-0.3, -0.25) is 4.79 Å². The number of carbonyl (C=O) groups is 1. The minimum Gasteiger partial charge on any atom is -0.481 e. The molecule has 1 rings (SSSR count). The second-order valence-electron chi connectivity index (χ2n) is 3.69. The smallest absolute Gasteiger partial charge is 0.446 e. The van der Waals surface area contributed by atoms with Crippen LogP contribution in [0.15, 0.2) is 29.2 Å². The third-order valence-electron chi connectivity index (χ3n) is 2.32. The van der Waals surface area contributed by atoms with E-state index in [2.05, 4.69) is 0 Å². The zero-order chi connectivity index (χ0) is 13.9. The summed E-state index contributed by atoms with van der Waals surface area (Å²) in [6, 6.07) is 4.98. The zero-order valence-corrected chi connectivity index (χ0v) is 10.1. The molecule has 1 aromatic carbocycles. The Bertz CT molecular complexity index is 417. The summed E-state index contributed by atoms with van der Waals surface area (Å²) in [4.78, 5) is 10.6. The van der Waals surface area contributed by atoms with Crippen LogP contribution < -0.4 is 0 Å². The van der Waals surface area contributed by atoms with Crippen molar-refractivity contribution in [2.45, 2.75) is 23.4 Å². The van der Waals surface area contributed by atoms with Gasteiger partial charge in [0.1, 0.15) is 0 Å². The van der Waals surface area contributed by atoms with Gasteiger partial charge in [0.05, 0.1) is 12.0 Å². The molecule has 0 fully saturated rings. The SMILES string of the molecule is CC(C(=O)O)C(O)c1ccc(SC(F)(F)F)cc1. The molecule has 0 radical (unpaired) electrons. The molecule has 100 valence electrons. The van der Waals surface area contributed by atoms with Crippen LogP contribution in [-0.4, -0.2) is 21.7 Å². The van der Waals surface area contributed by atoms with Crippen LogP contribution in [0.1, 0.15) is 18.6 Å². The number of carboxylic acids is 1. The second kappa shape index (κ2) is 5.62. The number of alkyl halides is 3. The Kier molecular flexibility index (Phi) is 4.64. The van der Waals surface area contributed by atoms with Crippen molar-refractivity contribution in [1.82, 2.24) is 0 Å². The lowest BCUT2D eigenvalue weighted by atomic mass is 9.98. The van der Waals surface area contributed by atoms with Crippen LogP contribution in [0, 0.1) is 5.92 Å². The average molecular weight is 280 g/mol. The predicted molar refractivity (Wildman–Crippen MR) is 60.1 cm³/mol. The topological polar surface area (TPSA) is 57.5 Å². The molecule has 0 amide bonds. The molecular weight excluding hydrogens is 269 g/mol. The fourth-order valence-corrected chi connectivity index (χ4v) is 1.83. The number of hydrogen-bond acceptors (Lipinski definition) is 3. The molecule has 2 N–H and O–H groups in total. The Hall–Kier alpha value is -1.21. The van der Waals surface area contributed by atoms with Crippen molar-refractivity contribution < 1.29 is 28.2 Å². The van der Waals surface area contributed by atoms with E-state index in [1.165, 1.54) is 31.2 Å². The quantitative estimate of drug-likeness (QED) is 0.832. The van der Waals surface area contributed by atoms with E-state index in [0.717, 1.165) is 0 Å². The van der Waals surface area contributed by atoms with Crippen LogP contribution >= 0.6 is 11.8 Å². The van der Waals surface area contributed by atoms with E-state index in [0.29, 0.717) is 0 Å².